The maximum atomic E-state index is 13.8. The third kappa shape index (κ3) is 8.86. The molecule has 0 aliphatic carbocycles. The Bertz CT molecular complexity index is 1740. The lowest BCUT2D eigenvalue weighted by molar-refractivity contribution is -0.193. The summed E-state index contributed by atoms with van der Waals surface area (Å²) >= 11 is 6.49. The van der Waals surface area contributed by atoms with Crippen LogP contribution in [0.3, 0.4) is 0 Å². The number of aromatic nitrogens is 5. The number of piperidine rings is 1. The molecular formula is C25H23ClF8N8O5. The van der Waals surface area contributed by atoms with E-state index in [4.69, 9.17) is 37.1 Å². The number of carboxylic acid groups (broad SMARTS) is 2. The number of hydrogen-bond acceptors (Lipinski definition) is 8. The molecule has 1 saturated heterocycles. The minimum absolute atomic E-state index is 0.0555. The molecule has 5 heterocycles. The van der Waals surface area contributed by atoms with E-state index in [-0.39, 0.29) is 37.3 Å². The number of nitrogens with one attached hydrogen (secondary N) is 1. The number of nitrogen functional groups attached to an aromatic ring is 1. The molecule has 0 radical (unpaired) electrons. The topological polar surface area (TPSA) is 180 Å². The van der Waals surface area contributed by atoms with Crippen LogP contribution in [0.25, 0.3) is 11.2 Å². The lowest BCUT2D eigenvalue weighted by Gasteiger charge is -2.35. The average molecular weight is 703 g/mol. The van der Waals surface area contributed by atoms with E-state index in [1.54, 1.807) is 48.4 Å². The summed E-state index contributed by atoms with van der Waals surface area (Å²) in [6.07, 6.45) is -4.27. The van der Waals surface area contributed by atoms with Crippen molar-refractivity contribution in [1.29, 1.82) is 0 Å². The molecule has 256 valence electrons. The number of rotatable bonds is 4. The van der Waals surface area contributed by atoms with Gasteiger partial charge in [0.05, 0.1) is 22.8 Å². The van der Waals surface area contributed by atoms with Crippen LogP contribution in [0.4, 0.5) is 46.8 Å². The first-order valence-corrected chi connectivity index (χ1v) is 13.3. The second-order valence-corrected chi connectivity index (χ2v) is 10.1. The minimum atomic E-state index is -5.08. The SMILES string of the molecule is CC(NC(=O)c1c(N)nn2cccnc12)c1cc(Cl)c2cncn2c1N1CCC(F)(F)CC1.O=C(O)C(F)(F)F.O=C(O)C(F)(F)F. The van der Waals surface area contributed by atoms with E-state index >= 15 is 0 Å². The van der Waals surface area contributed by atoms with Crippen LogP contribution in [0.5, 0.6) is 0 Å². The predicted molar refractivity (Wildman–Crippen MR) is 147 cm³/mol. The standard InChI is InChI=1S/C21H21ClF2N8O.2C2HF3O2/c1-12(28-19(33)16-17(25)29-32-6-2-5-27-18(16)32)13-9-14(22)15-10-26-11-31(15)20(13)30-7-3-21(23,24)4-8-30;2*3-2(4,5)1(6)7/h2,5-6,9-12H,3-4,7-8H2,1H3,(H2,25,29)(H,28,33);2*(H,6,7). The first-order valence-electron chi connectivity index (χ1n) is 12.9. The summed E-state index contributed by atoms with van der Waals surface area (Å²) in [6.45, 7) is 2.13. The molecule has 0 saturated carbocycles. The molecule has 22 heteroatoms. The molecule has 1 atom stereocenters. The van der Waals surface area contributed by atoms with Gasteiger partial charge in [-0.2, -0.15) is 26.3 Å². The largest absolute Gasteiger partial charge is 0.490 e. The predicted octanol–water partition coefficient (Wildman–Crippen LogP) is 4.61. The molecule has 47 heavy (non-hydrogen) atoms. The lowest BCUT2D eigenvalue weighted by Crippen LogP contribution is -2.41. The van der Waals surface area contributed by atoms with E-state index in [1.807, 2.05) is 4.90 Å². The van der Waals surface area contributed by atoms with Crippen molar-refractivity contribution in [2.24, 2.45) is 0 Å². The number of amides is 1. The average Bonchev–Trinajstić information content (AvgIpc) is 3.57. The Balaban J connectivity index is 0.000000360. The molecule has 5 N–H and O–H groups in total. The fourth-order valence-corrected chi connectivity index (χ4v) is 4.48. The Hall–Kier alpha value is -4.95. The molecule has 0 bridgehead atoms. The zero-order valence-electron chi connectivity index (χ0n) is 23.7. The quantitative estimate of drug-likeness (QED) is 0.220. The first-order chi connectivity index (χ1) is 21.6. The molecule has 13 nitrogen and oxygen atoms in total. The van der Waals surface area contributed by atoms with E-state index < -0.39 is 42.2 Å². The van der Waals surface area contributed by atoms with Gasteiger partial charge in [-0.25, -0.2) is 32.9 Å². The summed E-state index contributed by atoms with van der Waals surface area (Å²) in [5.41, 5.74) is 7.81. The van der Waals surface area contributed by atoms with Gasteiger partial charge in [-0.3, -0.25) is 9.20 Å². The number of carbonyl (C=O) groups excluding carboxylic acids is 1. The third-order valence-electron chi connectivity index (χ3n) is 6.39. The van der Waals surface area contributed by atoms with E-state index in [0.717, 1.165) is 0 Å². The van der Waals surface area contributed by atoms with Crippen molar-refractivity contribution in [3.63, 3.8) is 0 Å². The summed E-state index contributed by atoms with van der Waals surface area (Å²) in [5, 5.41) is 21.7. The number of fused-ring (bicyclic) bond motifs is 2. The Morgan fingerprint density at radius 1 is 1.06 bits per heavy atom. The maximum Gasteiger partial charge on any atom is 0.490 e. The zero-order valence-corrected chi connectivity index (χ0v) is 24.4. The molecule has 1 fully saturated rings. The van der Waals surface area contributed by atoms with Crippen LogP contribution < -0.4 is 16.0 Å². The second-order valence-electron chi connectivity index (χ2n) is 9.71. The number of halogens is 9. The minimum Gasteiger partial charge on any atom is -0.475 e. The summed E-state index contributed by atoms with van der Waals surface area (Å²) in [4.78, 5) is 41.2. The van der Waals surface area contributed by atoms with E-state index in [9.17, 15) is 39.9 Å². The maximum absolute atomic E-state index is 13.8. The Labute approximate surface area is 262 Å². The van der Waals surface area contributed by atoms with Crippen molar-refractivity contribution in [3.8, 4) is 0 Å². The number of carboxylic acids is 2. The molecule has 1 unspecified atom stereocenters. The molecule has 4 aromatic rings. The van der Waals surface area contributed by atoms with E-state index in [1.165, 1.54) is 4.52 Å². The first kappa shape index (κ1) is 36.5. The number of aliphatic carboxylic acids is 2. The number of pyridine rings is 1. The van der Waals surface area contributed by atoms with Gasteiger partial charge >= 0.3 is 24.3 Å². The molecule has 0 aromatic carbocycles. The monoisotopic (exact) mass is 702 g/mol. The molecule has 0 spiro atoms. The summed E-state index contributed by atoms with van der Waals surface area (Å²) in [7, 11) is 0. The normalized spacial score (nSPS) is 15.2. The van der Waals surface area contributed by atoms with Gasteiger partial charge < -0.3 is 26.2 Å². The van der Waals surface area contributed by atoms with Crippen molar-refractivity contribution in [3.05, 3.63) is 53.2 Å². The number of nitrogens with two attached hydrogens (primary N) is 1. The third-order valence-corrected chi connectivity index (χ3v) is 6.70. The smallest absolute Gasteiger partial charge is 0.475 e. The fraction of sp³-hybridized carbons (Fsp3) is 0.360. The van der Waals surface area contributed by atoms with Crippen LogP contribution in [0.15, 0.2) is 37.1 Å². The molecule has 1 aliphatic heterocycles. The van der Waals surface area contributed by atoms with Gasteiger partial charge in [0.15, 0.2) is 11.5 Å². The Morgan fingerprint density at radius 3 is 2.15 bits per heavy atom. The number of hydrogen-bond donors (Lipinski definition) is 4. The van der Waals surface area contributed by atoms with Gasteiger partial charge in [-0.15, -0.1) is 5.10 Å². The molecular weight excluding hydrogens is 680 g/mol. The van der Waals surface area contributed by atoms with Crippen molar-refractivity contribution < 1.29 is 59.7 Å². The number of nitrogens with zero attached hydrogens (tertiary/aromatic N) is 6. The summed E-state index contributed by atoms with van der Waals surface area (Å²) in [5.74, 6) is -7.93. The Kier molecular flexibility index (Phi) is 10.7. The van der Waals surface area contributed by atoms with Gasteiger partial charge in [0.25, 0.3) is 11.8 Å². The van der Waals surface area contributed by atoms with Crippen molar-refractivity contribution in [2.75, 3.05) is 23.7 Å². The highest BCUT2D eigenvalue weighted by Gasteiger charge is 2.39. The highest BCUT2D eigenvalue weighted by Crippen LogP contribution is 2.37. The highest BCUT2D eigenvalue weighted by atomic mass is 35.5. The molecule has 5 rings (SSSR count). The van der Waals surface area contributed by atoms with Gasteiger partial charge in [0.2, 0.25) is 0 Å². The number of carbonyl (C=O) groups is 3. The van der Waals surface area contributed by atoms with Crippen LogP contribution in [0.2, 0.25) is 5.02 Å². The van der Waals surface area contributed by atoms with Crippen LogP contribution in [0, 0.1) is 0 Å². The number of imidazole rings is 1. The van der Waals surface area contributed by atoms with Gasteiger partial charge in [-0.05, 0) is 19.1 Å². The summed E-state index contributed by atoms with van der Waals surface area (Å²) in [6, 6.07) is 2.89. The summed E-state index contributed by atoms with van der Waals surface area (Å²) < 4.78 is 94.3. The molecule has 1 aliphatic rings. The van der Waals surface area contributed by atoms with Crippen molar-refractivity contribution >= 4 is 52.2 Å². The zero-order chi connectivity index (χ0) is 35.5. The Morgan fingerprint density at radius 2 is 1.62 bits per heavy atom. The molecule has 4 aromatic heterocycles. The van der Waals surface area contributed by atoms with Crippen LogP contribution in [-0.2, 0) is 9.59 Å². The highest BCUT2D eigenvalue weighted by molar-refractivity contribution is 6.34. The van der Waals surface area contributed by atoms with Crippen LogP contribution >= 0.6 is 11.6 Å². The van der Waals surface area contributed by atoms with E-state index in [0.29, 0.717) is 27.6 Å². The second kappa shape index (κ2) is 13.8. The van der Waals surface area contributed by atoms with Gasteiger partial charge in [-0.1, -0.05) is 11.6 Å². The number of anilines is 2. The van der Waals surface area contributed by atoms with E-state index in [2.05, 4.69) is 20.4 Å². The van der Waals surface area contributed by atoms with Crippen molar-refractivity contribution in [2.45, 2.75) is 44.1 Å². The molecule has 1 amide bonds. The van der Waals surface area contributed by atoms with Crippen molar-refractivity contribution in [1.82, 2.24) is 29.3 Å². The number of alkyl halides is 8. The van der Waals surface area contributed by atoms with Crippen LogP contribution in [0.1, 0.15) is 41.7 Å². The van der Waals surface area contributed by atoms with Crippen LogP contribution in [-0.4, -0.2) is 83.4 Å². The van der Waals surface area contributed by atoms with Gasteiger partial charge in [0, 0.05) is 43.9 Å². The van der Waals surface area contributed by atoms with Gasteiger partial charge in [0.1, 0.15) is 17.7 Å². The lowest BCUT2D eigenvalue weighted by atomic mass is 10.0. The fourth-order valence-electron chi connectivity index (χ4n) is 4.22.